The molecule has 1 aromatic heterocycles. The number of nitriles is 1. The second kappa shape index (κ2) is 5.93. The first-order valence-corrected chi connectivity index (χ1v) is 5.64. The maximum atomic E-state index is 13.8. The van der Waals surface area contributed by atoms with Crippen LogP contribution in [0.4, 0.5) is 15.8 Å². The van der Waals surface area contributed by atoms with E-state index in [9.17, 15) is 14.5 Å². The number of hydrogen-bond donors (Lipinski definition) is 2. The molecule has 11 heteroatoms. The lowest BCUT2D eigenvalue weighted by Crippen LogP contribution is -1.98. The Labute approximate surface area is 121 Å². The third-order valence-electron chi connectivity index (χ3n) is 2.31. The van der Waals surface area contributed by atoms with Crippen LogP contribution in [0.15, 0.2) is 18.3 Å². The normalized spacial score (nSPS) is 11.0. The van der Waals surface area contributed by atoms with E-state index in [2.05, 4.69) is 25.9 Å². The molecule has 9 nitrogen and oxygen atoms in total. The van der Waals surface area contributed by atoms with E-state index in [4.69, 9.17) is 16.9 Å². The van der Waals surface area contributed by atoms with Crippen molar-refractivity contribution in [2.45, 2.75) is 0 Å². The minimum Gasteiger partial charge on any atom is -0.357 e. The molecule has 0 spiro atoms. The topological polar surface area (TPSA) is 133 Å². The SMILES string of the molecule is N#CC(=CNc1c(F)cc([N+](=O)[O-])cc1Cl)c1nn[nH]n1. The molecule has 0 aliphatic carbocycles. The van der Waals surface area contributed by atoms with Crippen molar-refractivity contribution in [2.24, 2.45) is 0 Å². The van der Waals surface area contributed by atoms with Crippen LogP contribution in [0.1, 0.15) is 5.82 Å². The lowest BCUT2D eigenvalue weighted by atomic mass is 10.2. The van der Waals surface area contributed by atoms with Crippen LogP contribution in [-0.2, 0) is 0 Å². The number of anilines is 1. The summed E-state index contributed by atoms with van der Waals surface area (Å²) in [5.41, 5.74) is -0.721. The number of aromatic amines is 1. The molecule has 2 aromatic rings. The van der Waals surface area contributed by atoms with Gasteiger partial charge < -0.3 is 5.32 Å². The van der Waals surface area contributed by atoms with E-state index in [1.165, 1.54) is 0 Å². The number of nitro benzene ring substituents is 1. The summed E-state index contributed by atoms with van der Waals surface area (Å²) in [4.78, 5) is 9.79. The minimum absolute atomic E-state index is 0.00319. The fourth-order valence-electron chi connectivity index (χ4n) is 1.37. The summed E-state index contributed by atoms with van der Waals surface area (Å²) in [5.74, 6) is -0.931. The first-order chi connectivity index (χ1) is 10.0. The second-order valence-electron chi connectivity index (χ2n) is 3.59. The van der Waals surface area contributed by atoms with Crippen LogP contribution >= 0.6 is 11.6 Å². The van der Waals surface area contributed by atoms with Crippen molar-refractivity contribution in [3.05, 3.63) is 45.1 Å². The molecule has 0 atom stereocenters. The van der Waals surface area contributed by atoms with Crippen LogP contribution in [0, 0.1) is 27.3 Å². The van der Waals surface area contributed by atoms with Gasteiger partial charge in [-0.2, -0.15) is 10.5 Å². The summed E-state index contributed by atoms with van der Waals surface area (Å²) in [6.07, 6.45) is 1.11. The molecule has 0 amide bonds. The zero-order chi connectivity index (χ0) is 15.4. The van der Waals surface area contributed by atoms with Crippen LogP contribution in [0.3, 0.4) is 0 Å². The van der Waals surface area contributed by atoms with Crippen LogP contribution < -0.4 is 5.32 Å². The molecule has 21 heavy (non-hydrogen) atoms. The summed E-state index contributed by atoms with van der Waals surface area (Å²) in [7, 11) is 0. The van der Waals surface area contributed by atoms with Crippen LogP contribution in [0.5, 0.6) is 0 Å². The molecule has 0 radical (unpaired) electrons. The van der Waals surface area contributed by atoms with Crippen molar-refractivity contribution in [3.8, 4) is 6.07 Å². The molecule has 0 saturated heterocycles. The van der Waals surface area contributed by atoms with Crippen LogP contribution in [0.25, 0.3) is 5.57 Å². The molecule has 0 fully saturated rings. The second-order valence-corrected chi connectivity index (χ2v) is 4.00. The molecule has 106 valence electrons. The Morgan fingerprint density at radius 1 is 1.62 bits per heavy atom. The number of H-pyrrole nitrogens is 1. The molecule has 0 aliphatic rings. The number of benzene rings is 1. The predicted molar refractivity (Wildman–Crippen MR) is 69.5 cm³/mol. The highest BCUT2D eigenvalue weighted by molar-refractivity contribution is 6.33. The Hall–Kier alpha value is -3.06. The average molecular weight is 310 g/mol. The molecule has 0 bridgehead atoms. The monoisotopic (exact) mass is 309 g/mol. The Morgan fingerprint density at radius 2 is 2.38 bits per heavy atom. The molecule has 0 unspecified atom stereocenters. The maximum absolute atomic E-state index is 13.8. The highest BCUT2D eigenvalue weighted by atomic mass is 35.5. The van der Waals surface area contributed by atoms with Crippen molar-refractivity contribution in [1.29, 1.82) is 5.26 Å². The van der Waals surface area contributed by atoms with E-state index in [0.29, 0.717) is 6.07 Å². The third-order valence-corrected chi connectivity index (χ3v) is 2.60. The minimum atomic E-state index is -0.934. The smallest absolute Gasteiger partial charge is 0.274 e. The number of halogens is 2. The van der Waals surface area contributed by atoms with Gasteiger partial charge in [-0.25, -0.2) is 4.39 Å². The fraction of sp³-hybridized carbons (Fsp3) is 0. The van der Waals surface area contributed by atoms with E-state index in [-0.39, 0.29) is 22.1 Å². The Bertz CT molecular complexity index is 730. The van der Waals surface area contributed by atoms with Gasteiger partial charge in [-0.05, 0) is 5.21 Å². The third kappa shape index (κ3) is 3.10. The van der Waals surface area contributed by atoms with E-state index >= 15 is 0 Å². The van der Waals surface area contributed by atoms with Gasteiger partial charge in [0.2, 0.25) is 5.82 Å². The summed E-state index contributed by atoms with van der Waals surface area (Å²) >= 11 is 5.76. The Kier molecular flexibility index (Phi) is 4.05. The summed E-state index contributed by atoms with van der Waals surface area (Å²) in [6, 6.07) is 3.48. The zero-order valence-corrected chi connectivity index (χ0v) is 10.8. The van der Waals surface area contributed by atoms with Crippen molar-refractivity contribution in [2.75, 3.05) is 5.32 Å². The van der Waals surface area contributed by atoms with Crippen molar-refractivity contribution in [1.82, 2.24) is 20.6 Å². The van der Waals surface area contributed by atoms with Gasteiger partial charge in [-0.3, -0.25) is 10.1 Å². The van der Waals surface area contributed by atoms with Gasteiger partial charge in [0.15, 0.2) is 5.82 Å². The average Bonchev–Trinajstić information content (AvgIpc) is 2.95. The molecule has 0 aliphatic heterocycles. The van der Waals surface area contributed by atoms with Gasteiger partial charge in [0.25, 0.3) is 5.69 Å². The number of nitrogens with zero attached hydrogens (tertiary/aromatic N) is 5. The van der Waals surface area contributed by atoms with Crippen LogP contribution in [-0.4, -0.2) is 25.5 Å². The Morgan fingerprint density at radius 3 is 2.90 bits per heavy atom. The lowest BCUT2D eigenvalue weighted by Gasteiger charge is -2.05. The highest BCUT2D eigenvalue weighted by Gasteiger charge is 2.15. The molecule has 1 heterocycles. The summed E-state index contributed by atoms with van der Waals surface area (Å²) < 4.78 is 13.8. The van der Waals surface area contributed by atoms with Crippen LogP contribution in [0.2, 0.25) is 5.02 Å². The van der Waals surface area contributed by atoms with Gasteiger partial charge in [-0.1, -0.05) is 11.6 Å². The molecular formula is C10H5ClFN7O2. The van der Waals surface area contributed by atoms with Gasteiger partial charge in [-0.15, -0.1) is 10.2 Å². The molecule has 2 N–H and O–H groups in total. The first-order valence-electron chi connectivity index (χ1n) is 5.27. The molecule has 0 saturated carbocycles. The number of nitrogens with one attached hydrogen (secondary N) is 2. The Balaban J connectivity index is 2.32. The van der Waals surface area contributed by atoms with Crippen molar-refractivity contribution >= 4 is 28.5 Å². The maximum Gasteiger partial charge on any atom is 0.274 e. The van der Waals surface area contributed by atoms with E-state index in [1.807, 2.05) is 0 Å². The molecular weight excluding hydrogens is 305 g/mol. The van der Waals surface area contributed by atoms with Gasteiger partial charge in [0.05, 0.1) is 21.7 Å². The quantitative estimate of drug-likeness (QED) is 0.500. The predicted octanol–water partition coefficient (Wildman–Crippen LogP) is 1.88. The summed E-state index contributed by atoms with van der Waals surface area (Å²) in [5, 5.41) is 34.4. The fourth-order valence-corrected chi connectivity index (χ4v) is 1.63. The van der Waals surface area contributed by atoms with Gasteiger partial charge in [0, 0.05) is 12.3 Å². The first kappa shape index (κ1) is 14.4. The number of aromatic nitrogens is 4. The van der Waals surface area contributed by atoms with E-state index < -0.39 is 16.4 Å². The summed E-state index contributed by atoms with van der Waals surface area (Å²) in [6.45, 7) is 0. The number of hydrogen-bond acceptors (Lipinski definition) is 7. The van der Waals surface area contributed by atoms with Crippen molar-refractivity contribution in [3.63, 3.8) is 0 Å². The number of allylic oxidation sites excluding steroid dienone is 1. The number of nitro groups is 1. The largest absolute Gasteiger partial charge is 0.357 e. The van der Waals surface area contributed by atoms with E-state index in [0.717, 1.165) is 12.3 Å². The standard InChI is InChI=1S/C10H5ClFN7O2/c11-7-1-6(19(20)21)2-8(12)9(7)14-4-5(3-13)10-15-17-18-16-10/h1-2,4,14H,(H,15,16,17,18). The van der Waals surface area contributed by atoms with E-state index in [1.54, 1.807) is 6.07 Å². The lowest BCUT2D eigenvalue weighted by molar-refractivity contribution is -0.385. The van der Waals surface area contributed by atoms with Crippen molar-refractivity contribution < 1.29 is 9.31 Å². The highest BCUT2D eigenvalue weighted by Crippen LogP contribution is 2.30. The number of tetrazole rings is 1. The van der Waals surface area contributed by atoms with Gasteiger partial charge in [0.1, 0.15) is 11.6 Å². The molecule has 1 aromatic carbocycles. The molecule has 2 rings (SSSR count). The van der Waals surface area contributed by atoms with Gasteiger partial charge >= 0.3 is 0 Å². The number of non-ortho nitro benzene ring substituents is 1. The zero-order valence-electron chi connectivity index (χ0n) is 10.0. The number of rotatable bonds is 4.